The molecule has 96 valence electrons. The minimum Gasteiger partial charge on any atom is -0.462 e. The van der Waals surface area contributed by atoms with Crippen molar-refractivity contribution in [3.63, 3.8) is 0 Å². The second-order valence-electron chi connectivity index (χ2n) is 4.84. The average Bonchev–Trinajstić information content (AvgIpc) is 2.76. The number of carbonyl (C=O) groups excluding carboxylic acids is 1. The molecule has 3 heterocycles. The first-order valence-electron chi connectivity index (χ1n) is 5.68. The van der Waals surface area contributed by atoms with E-state index in [0.717, 1.165) is 0 Å². The first kappa shape index (κ1) is 11.2. The fourth-order valence-corrected chi connectivity index (χ4v) is 2.45. The third kappa shape index (κ3) is 1.43. The van der Waals surface area contributed by atoms with Crippen LogP contribution in [0.15, 0.2) is 17.1 Å². The molecule has 0 amide bonds. The molecule has 2 aliphatic heterocycles. The maximum absolute atomic E-state index is 11.7. The minimum atomic E-state index is -0.675. The van der Waals surface area contributed by atoms with Gasteiger partial charge in [0, 0.05) is 12.6 Å². The molecule has 0 aromatic carbocycles. The Balaban J connectivity index is 1.93. The lowest BCUT2D eigenvalue weighted by Crippen LogP contribution is -2.29. The van der Waals surface area contributed by atoms with Gasteiger partial charge in [-0.2, -0.15) is 4.98 Å². The third-order valence-corrected chi connectivity index (χ3v) is 3.62. The summed E-state index contributed by atoms with van der Waals surface area (Å²) in [5.41, 5.74) is 4.28. The number of anilines is 1. The Kier molecular flexibility index (Phi) is 2.21. The second kappa shape index (κ2) is 3.55. The summed E-state index contributed by atoms with van der Waals surface area (Å²) >= 11 is 0. The Morgan fingerprint density at radius 3 is 3.00 bits per heavy atom. The maximum atomic E-state index is 11.7. The van der Waals surface area contributed by atoms with Gasteiger partial charge in [-0.05, 0) is 13.0 Å². The van der Waals surface area contributed by atoms with Crippen LogP contribution in [0.1, 0.15) is 19.6 Å². The van der Waals surface area contributed by atoms with Gasteiger partial charge in [0.05, 0.1) is 5.41 Å². The van der Waals surface area contributed by atoms with Crippen LogP contribution in [0.2, 0.25) is 0 Å². The molecule has 7 heteroatoms. The van der Waals surface area contributed by atoms with Gasteiger partial charge in [0.2, 0.25) is 0 Å². The van der Waals surface area contributed by atoms with Gasteiger partial charge >= 0.3 is 11.7 Å². The molecule has 1 aromatic heterocycles. The lowest BCUT2D eigenvalue weighted by Gasteiger charge is -2.15. The number of fused-ring (bicyclic) bond motifs is 1. The number of nitrogens with zero attached hydrogens (tertiary/aromatic N) is 2. The molecule has 3 rings (SSSR count). The van der Waals surface area contributed by atoms with Crippen molar-refractivity contribution in [2.45, 2.75) is 25.7 Å². The van der Waals surface area contributed by atoms with Crippen molar-refractivity contribution in [2.24, 2.45) is 5.41 Å². The molecule has 3 atom stereocenters. The van der Waals surface area contributed by atoms with E-state index in [1.807, 2.05) is 0 Å². The van der Waals surface area contributed by atoms with E-state index >= 15 is 0 Å². The van der Waals surface area contributed by atoms with Crippen LogP contribution in [0, 0.1) is 5.41 Å². The molecule has 2 saturated heterocycles. The molecule has 2 N–H and O–H groups in total. The summed E-state index contributed by atoms with van der Waals surface area (Å²) in [6.07, 6.45) is 1.14. The highest BCUT2D eigenvalue weighted by molar-refractivity contribution is 5.79. The number of hydrogen-bond donors (Lipinski definition) is 1. The maximum Gasteiger partial charge on any atom is 0.351 e. The van der Waals surface area contributed by atoms with E-state index in [-0.39, 0.29) is 24.5 Å². The molecule has 1 unspecified atom stereocenters. The molecule has 0 bridgehead atoms. The van der Waals surface area contributed by atoms with E-state index in [4.69, 9.17) is 15.2 Å². The summed E-state index contributed by atoms with van der Waals surface area (Å²) in [6.45, 7) is 2.03. The first-order chi connectivity index (χ1) is 8.50. The minimum absolute atomic E-state index is 0.167. The molecular formula is C11H13N3O4. The molecule has 0 radical (unpaired) electrons. The number of aromatic nitrogens is 2. The van der Waals surface area contributed by atoms with Crippen LogP contribution in [0.4, 0.5) is 5.82 Å². The molecule has 0 aliphatic carbocycles. The van der Waals surface area contributed by atoms with E-state index in [2.05, 4.69) is 4.98 Å². The van der Waals surface area contributed by atoms with Crippen LogP contribution in [0.25, 0.3) is 0 Å². The summed E-state index contributed by atoms with van der Waals surface area (Å²) in [7, 11) is 0. The van der Waals surface area contributed by atoms with Gasteiger partial charge in [-0.1, -0.05) is 0 Å². The summed E-state index contributed by atoms with van der Waals surface area (Å²) in [5, 5.41) is 0. The lowest BCUT2D eigenvalue weighted by atomic mass is 9.85. The Hall–Kier alpha value is -1.89. The van der Waals surface area contributed by atoms with Gasteiger partial charge in [0.1, 0.15) is 24.8 Å². The zero-order valence-corrected chi connectivity index (χ0v) is 9.83. The quantitative estimate of drug-likeness (QED) is 0.687. The van der Waals surface area contributed by atoms with Crippen molar-refractivity contribution < 1.29 is 14.3 Å². The van der Waals surface area contributed by atoms with E-state index in [1.54, 1.807) is 6.92 Å². The highest BCUT2D eigenvalue weighted by Crippen LogP contribution is 2.47. The van der Waals surface area contributed by atoms with Crippen molar-refractivity contribution in [3.8, 4) is 0 Å². The van der Waals surface area contributed by atoms with Crippen LogP contribution >= 0.6 is 0 Å². The van der Waals surface area contributed by atoms with Crippen LogP contribution in [0.5, 0.6) is 0 Å². The zero-order chi connectivity index (χ0) is 12.9. The predicted octanol–water partition coefficient (Wildman–Crippen LogP) is -0.324. The smallest absolute Gasteiger partial charge is 0.351 e. The third-order valence-electron chi connectivity index (χ3n) is 3.62. The normalized spacial score (nSPS) is 34.4. The van der Waals surface area contributed by atoms with Gasteiger partial charge in [-0.3, -0.25) is 9.36 Å². The molecule has 0 spiro atoms. The highest BCUT2D eigenvalue weighted by atomic mass is 16.6. The first-order valence-corrected chi connectivity index (χ1v) is 5.68. The average molecular weight is 251 g/mol. The SMILES string of the molecule is C[C@@]12CC(n3ccc(N)nc3=O)O[C@@H]1COC2=O. The Bertz CT molecular complexity index is 570. The monoisotopic (exact) mass is 251 g/mol. The van der Waals surface area contributed by atoms with Crippen molar-refractivity contribution in [1.29, 1.82) is 0 Å². The number of esters is 1. The number of rotatable bonds is 1. The van der Waals surface area contributed by atoms with Crippen LogP contribution in [0.3, 0.4) is 0 Å². The molecule has 2 fully saturated rings. The highest BCUT2D eigenvalue weighted by Gasteiger charge is 2.56. The molecule has 18 heavy (non-hydrogen) atoms. The van der Waals surface area contributed by atoms with E-state index in [0.29, 0.717) is 6.42 Å². The number of hydrogen-bond acceptors (Lipinski definition) is 6. The molecule has 0 saturated carbocycles. The van der Waals surface area contributed by atoms with Crippen LogP contribution in [-0.4, -0.2) is 28.2 Å². The van der Waals surface area contributed by atoms with Gasteiger partial charge in [0.15, 0.2) is 0 Å². The van der Waals surface area contributed by atoms with Crippen molar-refractivity contribution in [2.75, 3.05) is 12.3 Å². The van der Waals surface area contributed by atoms with Crippen molar-refractivity contribution in [1.82, 2.24) is 9.55 Å². The molecule has 7 nitrogen and oxygen atoms in total. The van der Waals surface area contributed by atoms with E-state index in [1.165, 1.54) is 16.8 Å². The van der Waals surface area contributed by atoms with E-state index < -0.39 is 17.3 Å². The summed E-state index contributed by atoms with van der Waals surface area (Å²) < 4.78 is 12.0. The van der Waals surface area contributed by atoms with Crippen molar-refractivity contribution in [3.05, 3.63) is 22.7 Å². The Morgan fingerprint density at radius 1 is 1.56 bits per heavy atom. The van der Waals surface area contributed by atoms with Crippen molar-refractivity contribution >= 4 is 11.8 Å². The van der Waals surface area contributed by atoms with Gasteiger partial charge in [-0.25, -0.2) is 4.79 Å². The molecule has 1 aromatic rings. The standard InChI is InChI=1S/C11H13N3O4/c1-11-4-8(18-6(11)5-17-9(11)15)14-3-2-7(12)13-10(14)16/h2-3,6,8H,4-5H2,1H3,(H2,12,13,16)/t6-,8?,11-/m1/s1. The number of cyclic esters (lactones) is 1. The van der Waals surface area contributed by atoms with Gasteiger partial charge in [-0.15, -0.1) is 0 Å². The Morgan fingerprint density at radius 2 is 2.33 bits per heavy atom. The van der Waals surface area contributed by atoms with E-state index in [9.17, 15) is 9.59 Å². The lowest BCUT2D eigenvalue weighted by molar-refractivity contribution is -0.145. The largest absolute Gasteiger partial charge is 0.462 e. The van der Waals surface area contributed by atoms with Gasteiger partial charge < -0.3 is 15.2 Å². The summed E-state index contributed by atoms with van der Waals surface area (Å²) in [4.78, 5) is 27.0. The van der Waals surface area contributed by atoms with Crippen LogP contribution in [-0.2, 0) is 14.3 Å². The number of nitrogen functional groups attached to an aromatic ring is 1. The Labute approximate surface area is 103 Å². The predicted molar refractivity (Wildman–Crippen MR) is 60.5 cm³/mol. The summed E-state index contributed by atoms with van der Waals surface area (Å²) in [6, 6.07) is 1.53. The molecular weight excluding hydrogens is 238 g/mol. The second-order valence-corrected chi connectivity index (χ2v) is 4.84. The summed E-state index contributed by atoms with van der Waals surface area (Å²) in [5.74, 6) is -0.105. The van der Waals surface area contributed by atoms with Crippen LogP contribution < -0.4 is 11.4 Å². The number of nitrogens with two attached hydrogens (primary N) is 1. The van der Waals surface area contributed by atoms with Gasteiger partial charge in [0.25, 0.3) is 0 Å². The molecule has 2 aliphatic rings. The number of ether oxygens (including phenoxy) is 2. The topological polar surface area (TPSA) is 96.4 Å². The fourth-order valence-electron chi connectivity index (χ4n) is 2.45. The fraction of sp³-hybridized carbons (Fsp3) is 0.545. The number of carbonyl (C=O) groups is 1. The zero-order valence-electron chi connectivity index (χ0n) is 9.83.